The van der Waals surface area contributed by atoms with Crippen molar-refractivity contribution in [3.8, 4) is 17.0 Å². The van der Waals surface area contributed by atoms with Crippen molar-refractivity contribution in [2.75, 3.05) is 6.54 Å². The van der Waals surface area contributed by atoms with E-state index < -0.39 is 5.97 Å². The van der Waals surface area contributed by atoms with Gasteiger partial charge in [0.05, 0.1) is 11.0 Å². The van der Waals surface area contributed by atoms with Gasteiger partial charge in [0.2, 0.25) is 0 Å². The van der Waals surface area contributed by atoms with Gasteiger partial charge < -0.3 is 25.1 Å². The van der Waals surface area contributed by atoms with Crippen LogP contribution in [0.5, 0.6) is 5.75 Å². The van der Waals surface area contributed by atoms with Gasteiger partial charge in [-0.3, -0.25) is 9.59 Å². The molecule has 4 N–H and O–H groups in total. The summed E-state index contributed by atoms with van der Waals surface area (Å²) in [5, 5.41) is 8.35. The summed E-state index contributed by atoms with van der Waals surface area (Å²) in [6.07, 6.45) is 2.84. The average molecular weight is 499 g/mol. The molecule has 2 heterocycles. The van der Waals surface area contributed by atoms with E-state index in [9.17, 15) is 4.79 Å². The van der Waals surface area contributed by atoms with Crippen LogP contribution in [0.3, 0.4) is 0 Å². The Kier molecular flexibility index (Phi) is 8.00. The van der Waals surface area contributed by atoms with Crippen LogP contribution in [0.2, 0.25) is 0 Å². The maximum atomic E-state index is 13.0. The molecule has 3 aromatic carbocycles. The fraction of sp³-hybridized carbons (Fsp3) is 0.207. The second-order valence-electron chi connectivity index (χ2n) is 8.79. The van der Waals surface area contributed by atoms with E-state index in [1.165, 1.54) is 0 Å². The SMILES string of the molecule is CC(=O)O.Cc1ccc2[nH]c(=O)c(-c3cn(CCCN)c4ccc(OCc5ccccc5)cc34)nc2c1. The molecule has 190 valence electrons. The smallest absolute Gasteiger partial charge is 0.300 e. The Morgan fingerprint density at radius 1 is 1.11 bits per heavy atom. The number of carboxylic acid groups (broad SMARTS) is 1. The Hall–Kier alpha value is -4.43. The summed E-state index contributed by atoms with van der Waals surface area (Å²) in [6, 6.07) is 21.9. The number of rotatable bonds is 7. The van der Waals surface area contributed by atoms with Crippen molar-refractivity contribution in [2.24, 2.45) is 5.73 Å². The van der Waals surface area contributed by atoms with Crippen molar-refractivity contribution in [1.82, 2.24) is 14.5 Å². The lowest BCUT2D eigenvalue weighted by Crippen LogP contribution is -2.11. The summed E-state index contributed by atoms with van der Waals surface area (Å²) in [6.45, 7) is 4.94. The summed E-state index contributed by atoms with van der Waals surface area (Å²) in [7, 11) is 0. The maximum Gasteiger partial charge on any atom is 0.300 e. The predicted octanol–water partition coefficient (Wildman–Crippen LogP) is 4.87. The highest BCUT2D eigenvalue weighted by Crippen LogP contribution is 2.32. The minimum absolute atomic E-state index is 0.208. The quantitative estimate of drug-likeness (QED) is 0.294. The monoisotopic (exact) mass is 498 g/mol. The van der Waals surface area contributed by atoms with Crippen LogP contribution in [-0.4, -0.2) is 32.2 Å². The lowest BCUT2D eigenvalue weighted by atomic mass is 10.1. The number of nitrogens with zero attached hydrogens (tertiary/aromatic N) is 2. The molecular weight excluding hydrogens is 468 g/mol. The van der Waals surface area contributed by atoms with Crippen LogP contribution in [0, 0.1) is 6.92 Å². The second-order valence-corrected chi connectivity index (χ2v) is 8.79. The number of fused-ring (bicyclic) bond motifs is 2. The Bertz CT molecular complexity index is 1580. The summed E-state index contributed by atoms with van der Waals surface area (Å²) in [5.41, 5.74) is 11.5. The molecule has 5 aromatic rings. The van der Waals surface area contributed by atoms with Gasteiger partial charge in [0.15, 0.2) is 0 Å². The van der Waals surface area contributed by atoms with Crippen LogP contribution in [0.4, 0.5) is 0 Å². The topological polar surface area (TPSA) is 123 Å². The third-order valence-corrected chi connectivity index (χ3v) is 5.81. The number of aromatic nitrogens is 3. The Balaban J connectivity index is 0.000000747. The maximum absolute atomic E-state index is 13.0. The number of hydrogen-bond donors (Lipinski definition) is 3. The number of carboxylic acids is 1. The molecule has 0 saturated carbocycles. The molecule has 0 atom stereocenters. The van der Waals surface area contributed by atoms with Crippen molar-refractivity contribution >= 4 is 27.9 Å². The molecule has 8 heteroatoms. The molecule has 0 radical (unpaired) electrons. The van der Waals surface area contributed by atoms with E-state index in [4.69, 9.17) is 25.4 Å². The average Bonchev–Trinajstić information content (AvgIpc) is 3.24. The molecule has 0 aliphatic rings. The van der Waals surface area contributed by atoms with Crippen molar-refractivity contribution in [3.05, 3.63) is 94.4 Å². The molecule has 0 saturated heterocycles. The van der Waals surface area contributed by atoms with Crippen LogP contribution in [-0.2, 0) is 17.9 Å². The van der Waals surface area contributed by atoms with E-state index in [0.717, 1.165) is 64.3 Å². The highest BCUT2D eigenvalue weighted by atomic mass is 16.5. The van der Waals surface area contributed by atoms with Crippen molar-refractivity contribution in [2.45, 2.75) is 33.4 Å². The largest absolute Gasteiger partial charge is 0.489 e. The van der Waals surface area contributed by atoms with E-state index in [-0.39, 0.29) is 5.56 Å². The van der Waals surface area contributed by atoms with Gasteiger partial charge in [0.1, 0.15) is 18.1 Å². The van der Waals surface area contributed by atoms with Gasteiger partial charge in [0, 0.05) is 36.1 Å². The molecule has 0 amide bonds. The number of nitrogens with one attached hydrogen (secondary N) is 1. The van der Waals surface area contributed by atoms with Crippen LogP contribution in [0.1, 0.15) is 24.5 Å². The third kappa shape index (κ3) is 6.23. The van der Waals surface area contributed by atoms with Crippen LogP contribution >= 0.6 is 0 Å². The van der Waals surface area contributed by atoms with Gasteiger partial charge in [-0.15, -0.1) is 0 Å². The fourth-order valence-corrected chi connectivity index (χ4v) is 4.12. The zero-order valence-corrected chi connectivity index (χ0v) is 20.9. The Labute approximate surface area is 214 Å². The fourth-order valence-electron chi connectivity index (χ4n) is 4.12. The molecule has 8 nitrogen and oxygen atoms in total. The molecule has 0 unspecified atom stereocenters. The minimum atomic E-state index is -0.833. The van der Waals surface area contributed by atoms with E-state index >= 15 is 0 Å². The Morgan fingerprint density at radius 3 is 2.59 bits per heavy atom. The minimum Gasteiger partial charge on any atom is -0.489 e. The summed E-state index contributed by atoms with van der Waals surface area (Å²) in [4.78, 5) is 29.7. The second kappa shape index (κ2) is 11.5. The molecule has 0 aliphatic carbocycles. The number of aliphatic carboxylic acids is 1. The Morgan fingerprint density at radius 2 is 1.86 bits per heavy atom. The van der Waals surface area contributed by atoms with Gasteiger partial charge in [-0.1, -0.05) is 36.4 Å². The van der Waals surface area contributed by atoms with Crippen molar-refractivity contribution in [3.63, 3.8) is 0 Å². The summed E-state index contributed by atoms with van der Waals surface area (Å²) in [5.74, 6) is -0.0859. The summed E-state index contributed by atoms with van der Waals surface area (Å²) < 4.78 is 8.20. The van der Waals surface area contributed by atoms with E-state index in [1.807, 2.05) is 79.9 Å². The first-order valence-electron chi connectivity index (χ1n) is 12.1. The number of nitrogens with two attached hydrogens (primary N) is 1. The molecule has 5 rings (SSSR count). The molecule has 0 fully saturated rings. The molecule has 0 spiro atoms. The van der Waals surface area contributed by atoms with Gasteiger partial charge in [-0.2, -0.15) is 0 Å². The number of carbonyl (C=O) groups is 1. The van der Waals surface area contributed by atoms with Gasteiger partial charge in [-0.05, 0) is 61.3 Å². The van der Waals surface area contributed by atoms with Gasteiger partial charge >= 0.3 is 0 Å². The van der Waals surface area contributed by atoms with Gasteiger partial charge in [-0.25, -0.2) is 4.98 Å². The van der Waals surface area contributed by atoms with E-state index in [1.54, 1.807) is 0 Å². The van der Waals surface area contributed by atoms with Gasteiger partial charge in [0.25, 0.3) is 11.5 Å². The number of H-pyrrole nitrogens is 1. The molecule has 2 aromatic heterocycles. The normalized spacial score (nSPS) is 10.8. The highest BCUT2D eigenvalue weighted by Gasteiger charge is 2.16. The highest BCUT2D eigenvalue weighted by molar-refractivity contribution is 5.96. The van der Waals surface area contributed by atoms with Crippen LogP contribution in [0.25, 0.3) is 33.2 Å². The molecular formula is C29H30N4O4. The molecule has 37 heavy (non-hydrogen) atoms. The summed E-state index contributed by atoms with van der Waals surface area (Å²) >= 11 is 0. The number of aromatic amines is 1. The van der Waals surface area contributed by atoms with Crippen molar-refractivity contribution in [1.29, 1.82) is 0 Å². The van der Waals surface area contributed by atoms with E-state index in [2.05, 4.69) is 9.55 Å². The van der Waals surface area contributed by atoms with Crippen LogP contribution < -0.4 is 16.0 Å². The first kappa shape index (κ1) is 25.7. The number of benzene rings is 3. The zero-order chi connectivity index (χ0) is 26.4. The number of hydrogen-bond acceptors (Lipinski definition) is 5. The lowest BCUT2D eigenvalue weighted by Gasteiger charge is -2.08. The zero-order valence-electron chi connectivity index (χ0n) is 20.9. The first-order chi connectivity index (χ1) is 17.9. The van der Waals surface area contributed by atoms with Crippen LogP contribution in [0.15, 0.2) is 77.7 Å². The lowest BCUT2D eigenvalue weighted by molar-refractivity contribution is -0.134. The first-order valence-corrected chi connectivity index (χ1v) is 12.1. The van der Waals surface area contributed by atoms with E-state index in [0.29, 0.717) is 18.8 Å². The third-order valence-electron chi connectivity index (χ3n) is 5.81. The van der Waals surface area contributed by atoms with Crippen molar-refractivity contribution < 1.29 is 14.6 Å². The molecule has 0 aliphatic heterocycles. The predicted molar refractivity (Wildman–Crippen MR) is 146 cm³/mol. The standard InChI is InChI=1S/C27H26N4O2.C2H4O2/c1-18-8-10-23-24(14-18)29-26(27(32)30-23)22-16-31(13-5-12-28)25-11-9-20(15-21(22)25)33-17-19-6-3-2-4-7-19;1-2(3)4/h2-4,6-11,14-16H,5,12-13,17,28H2,1H3,(H,30,32);1H3,(H,3,4). The number of aryl methyl sites for hydroxylation is 2. The molecule has 0 bridgehead atoms. The number of ether oxygens (including phenoxy) is 1.